The van der Waals surface area contributed by atoms with E-state index in [1.54, 1.807) is 12.4 Å². The number of rotatable bonds is 6. The molecule has 32 heavy (non-hydrogen) atoms. The van der Waals surface area contributed by atoms with Gasteiger partial charge in [0.2, 0.25) is 5.91 Å². The number of β-lactam (4-membered cyclic amide) rings is 1. The van der Waals surface area contributed by atoms with Crippen LogP contribution >= 0.6 is 47.7 Å². The summed E-state index contributed by atoms with van der Waals surface area (Å²) < 4.78 is 1.32. The molecular weight excluding hydrogens is 502 g/mol. The summed E-state index contributed by atoms with van der Waals surface area (Å²) in [6.45, 7) is 0. The van der Waals surface area contributed by atoms with Crippen LogP contribution in [0.3, 0.4) is 0 Å². The minimum atomic E-state index is -1.60. The quantitative estimate of drug-likeness (QED) is 0.268. The van der Waals surface area contributed by atoms with Gasteiger partial charge in [0.15, 0.2) is 16.5 Å². The average Bonchev–Trinajstić information content (AvgIpc) is 3.37. The summed E-state index contributed by atoms with van der Waals surface area (Å²) in [6, 6.07) is -1.18. The SMILES string of the molecule is Cl.Cn1nnnc1C1=C(C(=O)O)N2C(=O)[C@](C=S)(NC(=O)C(N)c3csc(N)n3)[C@H]2SC1. The number of carboxylic acid groups (broad SMARTS) is 1. The highest BCUT2D eigenvalue weighted by molar-refractivity contribution is 8.00. The van der Waals surface area contributed by atoms with Crippen LogP contribution in [-0.2, 0) is 21.4 Å². The number of thiazole rings is 1. The molecule has 0 saturated carbocycles. The van der Waals surface area contributed by atoms with E-state index in [0.29, 0.717) is 0 Å². The van der Waals surface area contributed by atoms with Crippen LogP contribution in [0, 0.1) is 0 Å². The standard InChI is InChI=1S/C15H15N9O4S3.ClH/c1-23-9(20-21-22-23)5-2-30-13-15(4-29,12(28)24(13)8(5)11(26)27)19-10(25)7(16)6-3-31-14(17)18-6;/h3-4,7,13H,2,16H2,1H3,(H2,17,18)(H,19,25)(H,26,27);1H/t7?,13-,15+;/m1./s1. The summed E-state index contributed by atoms with van der Waals surface area (Å²) >= 11 is 7.42. The van der Waals surface area contributed by atoms with Crippen molar-refractivity contribution in [2.24, 2.45) is 12.8 Å². The number of thioether (sulfide) groups is 1. The molecule has 0 radical (unpaired) electrons. The highest BCUT2D eigenvalue weighted by atomic mass is 35.5. The Morgan fingerprint density at radius 3 is 2.75 bits per heavy atom. The van der Waals surface area contributed by atoms with Crippen molar-refractivity contribution in [2.45, 2.75) is 17.0 Å². The van der Waals surface area contributed by atoms with Crippen molar-refractivity contribution in [3.8, 4) is 0 Å². The Hall–Kier alpha value is -2.66. The molecule has 2 amide bonds. The number of nitrogen functional groups attached to an aromatic ring is 1. The monoisotopic (exact) mass is 517 g/mol. The fraction of sp³-hybridized carbons (Fsp3) is 0.333. The minimum Gasteiger partial charge on any atom is -0.477 e. The molecule has 0 aliphatic carbocycles. The molecule has 3 atom stereocenters. The lowest BCUT2D eigenvalue weighted by Crippen LogP contribution is -2.80. The van der Waals surface area contributed by atoms with Crippen molar-refractivity contribution in [3.63, 3.8) is 0 Å². The molecular formula is C15H16ClN9O4S3. The normalized spacial score (nSPS) is 23.0. The maximum absolute atomic E-state index is 13.1. The number of hydrogen-bond acceptors (Lipinski definition) is 12. The zero-order valence-corrected chi connectivity index (χ0v) is 19.4. The van der Waals surface area contributed by atoms with Crippen LogP contribution in [0.4, 0.5) is 5.13 Å². The van der Waals surface area contributed by atoms with Gasteiger partial charge in [-0.25, -0.2) is 14.5 Å². The fourth-order valence-electron chi connectivity index (χ4n) is 3.35. The number of thiocarbonyl (C=S) groups is 1. The minimum absolute atomic E-state index is 0. The first-order valence-corrected chi connectivity index (χ1v) is 11.0. The van der Waals surface area contributed by atoms with Crippen molar-refractivity contribution >= 4 is 81.6 Å². The third kappa shape index (κ3) is 3.53. The number of nitrogens with zero attached hydrogens (tertiary/aromatic N) is 6. The Kier molecular flexibility index (Phi) is 6.52. The molecule has 2 aromatic rings. The number of fused-ring (bicyclic) bond motifs is 1. The lowest BCUT2D eigenvalue weighted by atomic mass is 9.87. The number of aromatic nitrogens is 5. The van der Waals surface area contributed by atoms with E-state index in [1.165, 1.54) is 16.4 Å². The molecule has 1 fully saturated rings. The number of amides is 2. The van der Waals surface area contributed by atoms with E-state index >= 15 is 0 Å². The molecule has 170 valence electrons. The van der Waals surface area contributed by atoms with Gasteiger partial charge in [0, 0.05) is 29.1 Å². The lowest BCUT2D eigenvalue weighted by molar-refractivity contribution is -0.153. The van der Waals surface area contributed by atoms with Crippen molar-refractivity contribution in [1.82, 2.24) is 35.4 Å². The molecule has 17 heteroatoms. The topological polar surface area (TPSA) is 195 Å². The molecule has 4 heterocycles. The molecule has 4 rings (SSSR count). The molecule has 0 aromatic carbocycles. The molecule has 2 aromatic heterocycles. The second kappa shape index (κ2) is 8.70. The smallest absolute Gasteiger partial charge is 0.353 e. The maximum Gasteiger partial charge on any atom is 0.353 e. The predicted octanol–water partition coefficient (Wildman–Crippen LogP) is -1.06. The van der Waals surface area contributed by atoms with Crippen LogP contribution in [0.2, 0.25) is 0 Å². The Labute approximate surface area is 200 Å². The van der Waals surface area contributed by atoms with Crippen LogP contribution < -0.4 is 16.8 Å². The number of aryl methyl sites for hydroxylation is 1. The van der Waals surface area contributed by atoms with Crippen LogP contribution in [0.5, 0.6) is 0 Å². The first-order chi connectivity index (χ1) is 14.7. The third-order valence-electron chi connectivity index (χ3n) is 4.86. The number of tetrazole rings is 1. The van der Waals surface area contributed by atoms with E-state index < -0.39 is 34.7 Å². The van der Waals surface area contributed by atoms with E-state index in [9.17, 15) is 19.5 Å². The van der Waals surface area contributed by atoms with Gasteiger partial charge in [-0.3, -0.25) is 14.5 Å². The number of anilines is 1. The van der Waals surface area contributed by atoms with Gasteiger partial charge in [-0.05, 0) is 10.4 Å². The third-order valence-corrected chi connectivity index (χ3v) is 7.28. The van der Waals surface area contributed by atoms with E-state index in [-0.39, 0.29) is 46.1 Å². The van der Waals surface area contributed by atoms with Crippen LogP contribution in [0.25, 0.3) is 5.57 Å². The summed E-state index contributed by atoms with van der Waals surface area (Å²) in [7, 11) is 1.56. The van der Waals surface area contributed by atoms with Gasteiger partial charge < -0.3 is 21.9 Å². The van der Waals surface area contributed by atoms with Crippen LogP contribution in [0.1, 0.15) is 17.6 Å². The first-order valence-electron chi connectivity index (χ1n) is 8.60. The van der Waals surface area contributed by atoms with E-state index in [0.717, 1.165) is 21.6 Å². The Bertz CT molecular complexity index is 1150. The number of carbonyl (C=O) groups excluding carboxylic acids is 2. The second-order valence-corrected chi connectivity index (χ2v) is 8.86. The first kappa shape index (κ1) is 24.0. The molecule has 1 unspecified atom stereocenters. The number of hydrogen-bond donors (Lipinski definition) is 4. The summed E-state index contributed by atoms with van der Waals surface area (Å²) in [6.07, 6.45) is 0. The number of aliphatic carboxylic acids is 1. The molecule has 0 spiro atoms. The van der Waals surface area contributed by atoms with Gasteiger partial charge in [-0.15, -0.1) is 40.6 Å². The van der Waals surface area contributed by atoms with Crippen molar-refractivity contribution in [3.05, 3.63) is 22.6 Å². The van der Waals surface area contributed by atoms with E-state index in [2.05, 4.69) is 25.8 Å². The Morgan fingerprint density at radius 1 is 1.50 bits per heavy atom. The van der Waals surface area contributed by atoms with Crippen molar-refractivity contribution in [1.29, 1.82) is 0 Å². The van der Waals surface area contributed by atoms with Gasteiger partial charge in [0.05, 0.1) is 5.69 Å². The molecule has 0 bridgehead atoms. The summed E-state index contributed by atoms with van der Waals surface area (Å²) in [5.74, 6) is -2.30. The molecule has 6 N–H and O–H groups in total. The summed E-state index contributed by atoms with van der Waals surface area (Å²) in [4.78, 5) is 42.9. The molecule has 1 saturated heterocycles. The molecule has 2 aliphatic rings. The number of nitrogens with one attached hydrogen (secondary N) is 1. The molecule has 13 nitrogen and oxygen atoms in total. The second-order valence-electron chi connectivity index (χ2n) is 6.66. The number of halogens is 1. The van der Waals surface area contributed by atoms with Gasteiger partial charge in [0.25, 0.3) is 5.91 Å². The van der Waals surface area contributed by atoms with Gasteiger partial charge in [0.1, 0.15) is 17.1 Å². The van der Waals surface area contributed by atoms with Crippen LogP contribution in [-0.4, -0.2) is 75.0 Å². The number of nitrogens with two attached hydrogens (primary N) is 2. The zero-order chi connectivity index (χ0) is 22.5. The summed E-state index contributed by atoms with van der Waals surface area (Å²) in [5.41, 5.74) is 10.2. The van der Waals surface area contributed by atoms with E-state index in [4.69, 9.17) is 23.7 Å². The van der Waals surface area contributed by atoms with Crippen LogP contribution in [0.15, 0.2) is 11.1 Å². The number of carboxylic acids is 1. The Morgan fingerprint density at radius 2 is 2.22 bits per heavy atom. The Balaban J connectivity index is 0.00000289. The average molecular weight is 518 g/mol. The highest BCUT2D eigenvalue weighted by Crippen LogP contribution is 2.47. The zero-order valence-electron chi connectivity index (χ0n) is 16.2. The summed E-state index contributed by atoms with van der Waals surface area (Å²) in [5, 5.41) is 25.6. The fourth-order valence-corrected chi connectivity index (χ4v) is 5.76. The van der Waals surface area contributed by atoms with Crippen molar-refractivity contribution in [2.75, 3.05) is 11.5 Å². The van der Waals surface area contributed by atoms with Gasteiger partial charge >= 0.3 is 5.97 Å². The highest BCUT2D eigenvalue weighted by Gasteiger charge is 2.65. The maximum atomic E-state index is 13.1. The lowest BCUT2D eigenvalue weighted by Gasteiger charge is -2.55. The predicted molar refractivity (Wildman–Crippen MR) is 122 cm³/mol. The van der Waals surface area contributed by atoms with E-state index in [1.807, 2.05) is 0 Å². The van der Waals surface area contributed by atoms with Gasteiger partial charge in [-0.2, -0.15) is 0 Å². The van der Waals surface area contributed by atoms with Gasteiger partial charge in [-0.1, -0.05) is 12.2 Å². The number of carbonyl (C=O) groups is 3. The van der Waals surface area contributed by atoms with Crippen molar-refractivity contribution < 1.29 is 19.5 Å². The largest absolute Gasteiger partial charge is 0.477 e. The molecule has 2 aliphatic heterocycles.